The van der Waals surface area contributed by atoms with Gasteiger partial charge in [-0.1, -0.05) is 38.1 Å². The molecule has 6 nitrogen and oxygen atoms in total. The van der Waals surface area contributed by atoms with Crippen molar-refractivity contribution >= 4 is 17.9 Å². The summed E-state index contributed by atoms with van der Waals surface area (Å²) in [5.41, 5.74) is 3.81. The summed E-state index contributed by atoms with van der Waals surface area (Å²) in [6.45, 7) is 10.3. The van der Waals surface area contributed by atoms with Crippen LogP contribution >= 0.6 is 0 Å². The second-order valence-electron chi connectivity index (χ2n) is 8.41. The van der Waals surface area contributed by atoms with E-state index < -0.39 is 0 Å². The van der Waals surface area contributed by atoms with Crippen LogP contribution in [0.2, 0.25) is 0 Å². The average molecular weight is 429 g/mol. The van der Waals surface area contributed by atoms with Crippen LogP contribution in [0.1, 0.15) is 46.1 Å². The maximum absolute atomic E-state index is 12.7. The van der Waals surface area contributed by atoms with Crippen LogP contribution < -0.4 is 10.6 Å². The van der Waals surface area contributed by atoms with Crippen molar-refractivity contribution in [2.45, 2.75) is 59.2 Å². The normalized spacial score (nSPS) is 18.2. The molecule has 31 heavy (non-hydrogen) atoms. The molecule has 2 unspecified atom stereocenters. The third kappa shape index (κ3) is 9.07. The van der Waals surface area contributed by atoms with E-state index in [-0.39, 0.29) is 18.1 Å². The summed E-state index contributed by atoms with van der Waals surface area (Å²) in [5, 5.41) is 6.77. The molecule has 1 aromatic carbocycles. The van der Waals surface area contributed by atoms with Crippen molar-refractivity contribution in [1.82, 2.24) is 5.32 Å². The first-order chi connectivity index (χ1) is 14.9. The maximum atomic E-state index is 12.7. The zero-order valence-corrected chi connectivity index (χ0v) is 19.1. The quantitative estimate of drug-likeness (QED) is 0.227. The van der Waals surface area contributed by atoms with E-state index in [9.17, 15) is 9.59 Å². The molecule has 0 aliphatic carbocycles. The number of hydrogen-bond acceptors (Lipinski definition) is 6. The Balaban J connectivity index is 1.94. The molecule has 2 rings (SSSR count). The summed E-state index contributed by atoms with van der Waals surface area (Å²) in [6, 6.07) is 7.76. The first-order valence-corrected chi connectivity index (χ1v) is 11.0. The van der Waals surface area contributed by atoms with Gasteiger partial charge >= 0.3 is 5.97 Å². The monoisotopic (exact) mass is 428 g/mol. The molecule has 0 bridgehead atoms. The fourth-order valence-corrected chi connectivity index (χ4v) is 3.39. The molecule has 0 spiro atoms. The van der Waals surface area contributed by atoms with Crippen molar-refractivity contribution in [2.24, 2.45) is 5.92 Å². The number of aldehydes is 1. The molecule has 1 aliphatic heterocycles. The Bertz CT molecular complexity index is 779. The molecule has 0 radical (unpaired) electrons. The summed E-state index contributed by atoms with van der Waals surface area (Å²) in [5.74, 6) is 0.175. The number of carbonyl (C=O) groups is 2. The molecule has 1 aromatic rings. The van der Waals surface area contributed by atoms with E-state index in [0.717, 1.165) is 36.0 Å². The number of rotatable bonds is 12. The lowest BCUT2D eigenvalue weighted by atomic mass is 10.0. The molecule has 1 fully saturated rings. The molecule has 2 atom stereocenters. The van der Waals surface area contributed by atoms with Crippen LogP contribution in [0, 0.1) is 5.92 Å². The van der Waals surface area contributed by atoms with E-state index in [0.29, 0.717) is 37.8 Å². The van der Waals surface area contributed by atoms with Gasteiger partial charge in [0.1, 0.15) is 18.4 Å². The number of hydrogen-bond donors (Lipinski definition) is 2. The Kier molecular flexibility index (Phi) is 10.5. The van der Waals surface area contributed by atoms with Gasteiger partial charge in [-0.05, 0) is 55.0 Å². The van der Waals surface area contributed by atoms with E-state index in [2.05, 4.69) is 30.5 Å². The molecule has 0 aromatic heterocycles. The van der Waals surface area contributed by atoms with Gasteiger partial charge in [0.25, 0.3) is 0 Å². The van der Waals surface area contributed by atoms with Gasteiger partial charge in [-0.25, -0.2) is 0 Å². The fourth-order valence-electron chi connectivity index (χ4n) is 3.39. The molecule has 2 N–H and O–H groups in total. The summed E-state index contributed by atoms with van der Waals surface area (Å²) < 4.78 is 10.9. The van der Waals surface area contributed by atoms with E-state index in [4.69, 9.17) is 9.47 Å². The SMILES string of the molecule is C/C=C(\C=C(\C)C=O)CNc1cccc(CNC(CC(C)C)C(=O)OC2CCOC2)c1. The van der Waals surface area contributed by atoms with E-state index >= 15 is 0 Å². The Morgan fingerprint density at radius 2 is 2.16 bits per heavy atom. The highest BCUT2D eigenvalue weighted by Crippen LogP contribution is 2.15. The minimum Gasteiger partial charge on any atom is -0.459 e. The largest absolute Gasteiger partial charge is 0.459 e. The number of esters is 1. The summed E-state index contributed by atoms with van der Waals surface area (Å²) in [4.78, 5) is 23.5. The van der Waals surface area contributed by atoms with Gasteiger partial charge in [0.15, 0.2) is 0 Å². The minimum atomic E-state index is -0.344. The second kappa shape index (κ2) is 13.1. The molecule has 1 heterocycles. The predicted molar refractivity (Wildman–Crippen MR) is 124 cm³/mol. The van der Waals surface area contributed by atoms with Crippen molar-refractivity contribution in [3.05, 3.63) is 53.1 Å². The Morgan fingerprint density at radius 1 is 1.35 bits per heavy atom. The summed E-state index contributed by atoms with van der Waals surface area (Å²) >= 11 is 0. The standard InChI is InChI=1S/C25H36N2O4/c1-5-20(12-19(4)16-28)14-26-22-8-6-7-21(13-22)15-27-24(11-18(2)3)25(29)31-23-9-10-30-17-23/h5-8,12-13,16,18,23-24,26-27H,9-11,14-15,17H2,1-4H3/b19-12-,20-5+. The van der Waals surface area contributed by atoms with Crippen LogP contribution in [-0.4, -0.2) is 44.2 Å². The highest BCUT2D eigenvalue weighted by atomic mass is 16.6. The van der Waals surface area contributed by atoms with Crippen molar-refractivity contribution < 1.29 is 19.1 Å². The third-order valence-corrected chi connectivity index (χ3v) is 5.11. The van der Waals surface area contributed by atoms with Crippen molar-refractivity contribution in [2.75, 3.05) is 25.1 Å². The van der Waals surface area contributed by atoms with Crippen LogP contribution in [0.3, 0.4) is 0 Å². The number of nitrogens with one attached hydrogen (secondary N) is 2. The van der Waals surface area contributed by atoms with Gasteiger partial charge in [0, 0.05) is 25.2 Å². The molecule has 0 amide bonds. The Morgan fingerprint density at radius 3 is 2.81 bits per heavy atom. The first kappa shape index (κ1) is 24.8. The highest BCUT2D eigenvalue weighted by molar-refractivity contribution is 5.76. The lowest BCUT2D eigenvalue weighted by Gasteiger charge is -2.21. The van der Waals surface area contributed by atoms with Crippen LogP contribution in [0.15, 0.2) is 47.6 Å². The van der Waals surface area contributed by atoms with Crippen LogP contribution in [0.4, 0.5) is 5.69 Å². The van der Waals surface area contributed by atoms with Crippen molar-refractivity contribution in [3.8, 4) is 0 Å². The number of carbonyl (C=O) groups excluding carboxylic acids is 2. The van der Waals surface area contributed by atoms with E-state index in [1.165, 1.54) is 0 Å². The van der Waals surface area contributed by atoms with Crippen molar-refractivity contribution in [1.29, 1.82) is 0 Å². The topological polar surface area (TPSA) is 76.7 Å². The van der Waals surface area contributed by atoms with Gasteiger partial charge < -0.3 is 20.1 Å². The van der Waals surface area contributed by atoms with Gasteiger partial charge in [-0.2, -0.15) is 0 Å². The van der Waals surface area contributed by atoms with Gasteiger partial charge in [-0.3, -0.25) is 9.59 Å². The van der Waals surface area contributed by atoms with Gasteiger partial charge in [0.2, 0.25) is 0 Å². The summed E-state index contributed by atoms with van der Waals surface area (Å²) in [6.07, 6.45) is 6.08. The number of benzene rings is 1. The Labute approximate surface area is 186 Å². The zero-order valence-electron chi connectivity index (χ0n) is 19.1. The molecular weight excluding hydrogens is 392 g/mol. The zero-order chi connectivity index (χ0) is 22.6. The van der Waals surface area contributed by atoms with Crippen LogP contribution in [0.5, 0.6) is 0 Å². The number of ether oxygens (including phenoxy) is 2. The lowest BCUT2D eigenvalue weighted by molar-refractivity contribution is -0.152. The van der Waals surface area contributed by atoms with Crippen LogP contribution in [-0.2, 0) is 25.6 Å². The van der Waals surface area contributed by atoms with Crippen LogP contribution in [0.25, 0.3) is 0 Å². The molecule has 170 valence electrons. The lowest BCUT2D eigenvalue weighted by Crippen LogP contribution is -2.40. The molecule has 1 saturated heterocycles. The van der Waals surface area contributed by atoms with Crippen molar-refractivity contribution in [3.63, 3.8) is 0 Å². The molecule has 6 heteroatoms. The van der Waals surface area contributed by atoms with E-state index in [1.807, 2.05) is 37.3 Å². The highest BCUT2D eigenvalue weighted by Gasteiger charge is 2.26. The van der Waals surface area contributed by atoms with Gasteiger partial charge in [0.05, 0.1) is 13.2 Å². The number of allylic oxidation sites excluding steroid dienone is 2. The molecule has 0 saturated carbocycles. The fraction of sp³-hybridized carbons (Fsp3) is 0.520. The predicted octanol–water partition coefficient (Wildman–Crippen LogP) is 4.03. The second-order valence-corrected chi connectivity index (χ2v) is 8.41. The molecular formula is C25H36N2O4. The van der Waals surface area contributed by atoms with E-state index in [1.54, 1.807) is 6.92 Å². The Hall–Kier alpha value is -2.44. The number of anilines is 1. The molecule has 1 aliphatic rings. The van der Waals surface area contributed by atoms with Gasteiger partial charge in [-0.15, -0.1) is 0 Å². The maximum Gasteiger partial charge on any atom is 0.323 e. The summed E-state index contributed by atoms with van der Waals surface area (Å²) in [7, 11) is 0. The smallest absolute Gasteiger partial charge is 0.323 e. The first-order valence-electron chi connectivity index (χ1n) is 11.0. The average Bonchev–Trinajstić information content (AvgIpc) is 3.26. The minimum absolute atomic E-state index is 0.130. The third-order valence-electron chi connectivity index (χ3n) is 5.11.